The molecule has 17 heavy (non-hydrogen) atoms. The number of aromatic nitrogens is 3. The quantitative estimate of drug-likeness (QED) is 0.638. The average molecular weight is 252 g/mol. The monoisotopic (exact) mass is 252 g/mol. The minimum atomic E-state index is -1.02. The van der Waals surface area contributed by atoms with Crippen LogP contribution in [0.4, 0.5) is 0 Å². The standard InChI is InChI=1S/C11H20N4OSi/c1-11(2,3)15-8(7-6-12-14-13-7)9(10(15)16)17(4)5/h6,8-9,17H,1-5H3,(H,12,13,14)/t8-,9?/m0/s1. The topological polar surface area (TPSA) is 61.9 Å². The average Bonchev–Trinajstić information content (AvgIpc) is 2.62. The van der Waals surface area contributed by atoms with Crippen molar-refractivity contribution >= 4 is 14.7 Å². The van der Waals surface area contributed by atoms with E-state index in [1.807, 2.05) is 4.90 Å². The Bertz CT molecular complexity index is 410. The third kappa shape index (κ3) is 1.90. The van der Waals surface area contributed by atoms with Gasteiger partial charge in [0.1, 0.15) is 5.69 Å². The second-order valence-electron chi connectivity index (χ2n) is 5.99. The zero-order chi connectivity index (χ0) is 12.8. The van der Waals surface area contributed by atoms with E-state index in [4.69, 9.17) is 0 Å². The molecule has 1 aliphatic heterocycles. The van der Waals surface area contributed by atoms with E-state index in [0.717, 1.165) is 5.69 Å². The van der Waals surface area contributed by atoms with Gasteiger partial charge in [-0.25, -0.2) is 0 Å². The van der Waals surface area contributed by atoms with Crippen molar-refractivity contribution in [2.24, 2.45) is 0 Å². The number of hydrogen-bond acceptors (Lipinski definition) is 3. The number of β-lactam (4-membered cyclic amide) rings is 1. The molecule has 0 bridgehead atoms. The molecule has 1 fully saturated rings. The van der Waals surface area contributed by atoms with Gasteiger partial charge in [-0.1, -0.05) is 13.1 Å². The van der Waals surface area contributed by atoms with Gasteiger partial charge < -0.3 is 4.90 Å². The van der Waals surface area contributed by atoms with Gasteiger partial charge in [0.15, 0.2) is 0 Å². The molecule has 2 atom stereocenters. The van der Waals surface area contributed by atoms with E-state index in [9.17, 15) is 4.79 Å². The van der Waals surface area contributed by atoms with Crippen molar-refractivity contribution in [2.75, 3.05) is 0 Å². The third-order valence-corrected chi connectivity index (χ3v) is 5.40. The molecule has 0 saturated carbocycles. The van der Waals surface area contributed by atoms with Gasteiger partial charge in [-0.15, -0.1) is 0 Å². The second kappa shape index (κ2) is 3.94. The summed E-state index contributed by atoms with van der Waals surface area (Å²) in [4.78, 5) is 14.2. The summed E-state index contributed by atoms with van der Waals surface area (Å²) in [5, 5.41) is 10.7. The lowest BCUT2D eigenvalue weighted by Gasteiger charge is -2.54. The van der Waals surface area contributed by atoms with E-state index in [-0.39, 0.29) is 23.0 Å². The Morgan fingerprint density at radius 1 is 1.41 bits per heavy atom. The number of carbonyl (C=O) groups excluding carboxylic acids is 1. The molecule has 1 aromatic rings. The number of nitrogens with one attached hydrogen (secondary N) is 1. The molecule has 2 heterocycles. The third-order valence-electron chi connectivity index (χ3n) is 3.32. The number of nitrogens with zero attached hydrogens (tertiary/aromatic N) is 3. The highest BCUT2D eigenvalue weighted by Crippen LogP contribution is 2.48. The van der Waals surface area contributed by atoms with Crippen LogP contribution < -0.4 is 0 Å². The Balaban J connectivity index is 2.33. The number of amides is 1. The Labute approximate surface area is 103 Å². The summed E-state index contributed by atoms with van der Waals surface area (Å²) < 4.78 is 0. The Hall–Kier alpha value is -1.17. The minimum Gasteiger partial charge on any atom is -0.329 e. The molecule has 6 heteroatoms. The Kier molecular flexibility index (Phi) is 2.85. The van der Waals surface area contributed by atoms with Crippen LogP contribution in [0.15, 0.2) is 6.20 Å². The molecule has 0 radical (unpaired) electrons. The van der Waals surface area contributed by atoms with Crippen LogP contribution in [0.2, 0.25) is 18.6 Å². The fraction of sp³-hybridized carbons (Fsp3) is 0.727. The second-order valence-corrected chi connectivity index (χ2v) is 9.19. The van der Waals surface area contributed by atoms with Crippen molar-refractivity contribution in [3.8, 4) is 0 Å². The van der Waals surface area contributed by atoms with Crippen LogP contribution in [0.3, 0.4) is 0 Å². The Morgan fingerprint density at radius 3 is 2.47 bits per heavy atom. The van der Waals surface area contributed by atoms with Crippen molar-refractivity contribution in [3.63, 3.8) is 0 Å². The van der Waals surface area contributed by atoms with Crippen molar-refractivity contribution in [2.45, 2.75) is 51.0 Å². The number of H-pyrrole nitrogens is 1. The summed E-state index contributed by atoms with van der Waals surface area (Å²) in [6.45, 7) is 10.6. The Morgan fingerprint density at radius 2 is 2.06 bits per heavy atom. The summed E-state index contributed by atoms with van der Waals surface area (Å²) in [5.41, 5.74) is 0.908. The van der Waals surface area contributed by atoms with Crippen molar-refractivity contribution in [1.29, 1.82) is 0 Å². The predicted molar refractivity (Wildman–Crippen MR) is 68.3 cm³/mol. The van der Waals surface area contributed by atoms with Crippen LogP contribution in [-0.2, 0) is 4.79 Å². The zero-order valence-corrected chi connectivity index (χ0v) is 12.2. The number of aromatic amines is 1. The fourth-order valence-electron chi connectivity index (χ4n) is 2.58. The van der Waals surface area contributed by atoms with E-state index >= 15 is 0 Å². The van der Waals surface area contributed by atoms with Crippen LogP contribution in [-0.4, -0.2) is 40.6 Å². The number of rotatable bonds is 2. The molecule has 94 valence electrons. The van der Waals surface area contributed by atoms with E-state index < -0.39 is 8.80 Å². The molecule has 1 saturated heterocycles. The van der Waals surface area contributed by atoms with E-state index in [1.54, 1.807) is 6.20 Å². The van der Waals surface area contributed by atoms with E-state index in [0.29, 0.717) is 0 Å². The molecule has 1 amide bonds. The lowest BCUT2D eigenvalue weighted by Crippen LogP contribution is -2.62. The van der Waals surface area contributed by atoms with Gasteiger partial charge in [-0.05, 0) is 20.8 Å². The van der Waals surface area contributed by atoms with Gasteiger partial charge >= 0.3 is 0 Å². The maximum atomic E-state index is 12.3. The minimum absolute atomic E-state index is 0.118. The van der Waals surface area contributed by atoms with Crippen molar-refractivity contribution < 1.29 is 4.79 Å². The van der Waals surface area contributed by atoms with Crippen LogP contribution in [0.5, 0.6) is 0 Å². The first-order valence-electron chi connectivity index (χ1n) is 6.03. The number of carbonyl (C=O) groups is 1. The van der Waals surface area contributed by atoms with Crippen molar-refractivity contribution in [3.05, 3.63) is 11.9 Å². The summed E-state index contributed by atoms with van der Waals surface area (Å²) >= 11 is 0. The summed E-state index contributed by atoms with van der Waals surface area (Å²) in [5.74, 6) is 0.284. The molecule has 0 spiro atoms. The molecule has 1 unspecified atom stereocenters. The van der Waals surface area contributed by atoms with Gasteiger partial charge in [-0.2, -0.15) is 15.4 Å². The molecule has 0 aromatic carbocycles. The van der Waals surface area contributed by atoms with Crippen LogP contribution in [0.25, 0.3) is 0 Å². The van der Waals surface area contributed by atoms with Gasteiger partial charge in [0.25, 0.3) is 0 Å². The highest BCUT2D eigenvalue weighted by molar-refractivity contribution is 6.63. The van der Waals surface area contributed by atoms with Crippen LogP contribution in [0.1, 0.15) is 32.5 Å². The molecule has 5 nitrogen and oxygen atoms in total. The maximum absolute atomic E-state index is 12.3. The molecule has 1 N–H and O–H groups in total. The van der Waals surface area contributed by atoms with Gasteiger partial charge in [-0.3, -0.25) is 4.79 Å². The van der Waals surface area contributed by atoms with Crippen LogP contribution in [0, 0.1) is 0 Å². The first kappa shape index (κ1) is 12.3. The number of hydrogen-bond donors (Lipinski definition) is 1. The van der Waals surface area contributed by atoms with Crippen LogP contribution >= 0.6 is 0 Å². The number of likely N-dealkylation sites (tertiary alicyclic amines) is 1. The molecule has 0 aliphatic carbocycles. The predicted octanol–water partition coefficient (Wildman–Crippen LogP) is 1.34. The van der Waals surface area contributed by atoms with Gasteiger partial charge in [0, 0.05) is 14.3 Å². The summed E-state index contributed by atoms with van der Waals surface area (Å²) in [6.07, 6.45) is 1.74. The highest BCUT2D eigenvalue weighted by atomic mass is 28.3. The van der Waals surface area contributed by atoms with Gasteiger partial charge in [0.2, 0.25) is 5.91 Å². The lowest BCUT2D eigenvalue weighted by atomic mass is 9.90. The van der Waals surface area contributed by atoms with E-state index in [2.05, 4.69) is 49.3 Å². The SMILES string of the molecule is C[SiH](C)C1C(=O)N(C(C)(C)C)[C@H]1c1cn[nH]n1. The van der Waals surface area contributed by atoms with Crippen molar-refractivity contribution in [1.82, 2.24) is 20.3 Å². The summed E-state index contributed by atoms with van der Waals surface area (Å²) in [6, 6.07) is 0.118. The largest absolute Gasteiger partial charge is 0.329 e. The summed E-state index contributed by atoms with van der Waals surface area (Å²) in [7, 11) is -1.02. The molecular formula is C11H20N4OSi. The molecule has 1 aromatic heterocycles. The lowest BCUT2D eigenvalue weighted by molar-refractivity contribution is -0.155. The molecular weight excluding hydrogens is 232 g/mol. The molecule has 1 aliphatic rings. The first-order chi connectivity index (χ1) is 7.84. The molecule has 2 rings (SSSR count). The maximum Gasteiger partial charge on any atom is 0.226 e. The van der Waals surface area contributed by atoms with Gasteiger partial charge in [0.05, 0.1) is 17.8 Å². The highest BCUT2D eigenvalue weighted by Gasteiger charge is 2.54. The smallest absolute Gasteiger partial charge is 0.226 e. The normalized spacial score (nSPS) is 25.3. The van der Waals surface area contributed by atoms with E-state index in [1.165, 1.54) is 0 Å². The first-order valence-corrected chi connectivity index (χ1v) is 9.00. The zero-order valence-electron chi connectivity index (χ0n) is 11.1. The fourth-order valence-corrected chi connectivity index (χ4v) is 4.41.